The second kappa shape index (κ2) is 5.44. The molecule has 0 bridgehead atoms. The number of hydrogen-bond donors (Lipinski definition) is 2. The van der Waals surface area contributed by atoms with Gasteiger partial charge in [0, 0.05) is 18.3 Å². The first-order valence-electron chi connectivity index (χ1n) is 5.89. The van der Waals surface area contributed by atoms with Gasteiger partial charge in [-0.15, -0.1) is 0 Å². The summed E-state index contributed by atoms with van der Waals surface area (Å²) in [6.45, 7) is 0. The van der Waals surface area contributed by atoms with E-state index in [0.717, 1.165) is 0 Å². The van der Waals surface area contributed by atoms with Crippen molar-refractivity contribution in [3.63, 3.8) is 0 Å². The molecule has 20 heavy (non-hydrogen) atoms. The smallest absolute Gasteiger partial charge is 0.335 e. The van der Waals surface area contributed by atoms with Crippen LogP contribution < -0.4 is 4.90 Å². The van der Waals surface area contributed by atoms with Crippen molar-refractivity contribution in [1.29, 1.82) is 0 Å². The van der Waals surface area contributed by atoms with Crippen LogP contribution in [0.2, 0.25) is 0 Å². The van der Waals surface area contributed by atoms with Crippen LogP contribution in [-0.4, -0.2) is 29.1 Å². The van der Waals surface area contributed by atoms with Crippen molar-refractivity contribution in [2.75, 3.05) is 11.9 Å². The van der Waals surface area contributed by atoms with Crippen molar-refractivity contribution < 1.29 is 19.8 Å². The fraction of sp³-hybridized carbons (Fsp3) is 0.0667. The van der Waals surface area contributed by atoms with E-state index in [1.165, 1.54) is 35.2 Å². The monoisotopic (exact) mass is 271 g/mol. The van der Waals surface area contributed by atoms with Crippen LogP contribution in [0.5, 0.6) is 5.75 Å². The fourth-order valence-electron chi connectivity index (χ4n) is 1.77. The molecule has 0 aromatic heterocycles. The van der Waals surface area contributed by atoms with E-state index >= 15 is 0 Å². The van der Waals surface area contributed by atoms with Gasteiger partial charge in [0.1, 0.15) is 5.75 Å². The van der Waals surface area contributed by atoms with Crippen LogP contribution in [-0.2, 0) is 0 Å². The Labute approximate surface area is 115 Å². The first-order valence-corrected chi connectivity index (χ1v) is 5.89. The number of aromatic carboxylic acids is 1. The molecule has 0 saturated heterocycles. The summed E-state index contributed by atoms with van der Waals surface area (Å²) in [6, 6.07) is 12.0. The van der Waals surface area contributed by atoms with E-state index in [9.17, 15) is 14.7 Å². The number of phenolic OH excluding ortho intramolecular Hbond substituents is 1. The van der Waals surface area contributed by atoms with Gasteiger partial charge >= 0.3 is 5.97 Å². The maximum Gasteiger partial charge on any atom is 0.335 e. The predicted molar refractivity (Wildman–Crippen MR) is 74.2 cm³/mol. The number of benzene rings is 2. The average molecular weight is 271 g/mol. The van der Waals surface area contributed by atoms with Gasteiger partial charge in [-0.1, -0.05) is 6.07 Å². The fourth-order valence-corrected chi connectivity index (χ4v) is 1.77. The molecule has 102 valence electrons. The molecule has 2 rings (SSSR count). The van der Waals surface area contributed by atoms with Crippen molar-refractivity contribution >= 4 is 17.6 Å². The molecule has 0 saturated carbocycles. The van der Waals surface area contributed by atoms with Gasteiger partial charge in [-0.05, 0) is 42.5 Å². The topological polar surface area (TPSA) is 77.8 Å². The number of nitrogens with zero attached hydrogens (tertiary/aromatic N) is 1. The maximum atomic E-state index is 12.3. The molecule has 0 aliphatic heterocycles. The molecule has 0 unspecified atom stereocenters. The zero-order valence-corrected chi connectivity index (χ0v) is 10.8. The Bertz CT molecular complexity index is 649. The van der Waals surface area contributed by atoms with E-state index in [-0.39, 0.29) is 17.2 Å². The largest absolute Gasteiger partial charge is 0.508 e. The Kier molecular flexibility index (Phi) is 3.70. The molecule has 0 aliphatic rings. The highest BCUT2D eigenvalue weighted by atomic mass is 16.4. The molecule has 1 amide bonds. The zero-order chi connectivity index (χ0) is 14.7. The summed E-state index contributed by atoms with van der Waals surface area (Å²) in [6.07, 6.45) is 0. The van der Waals surface area contributed by atoms with E-state index in [1.807, 2.05) is 0 Å². The van der Waals surface area contributed by atoms with Gasteiger partial charge in [0.05, 0.1) is 5.56 Å². The number of carbonyl (C=O) groups is 2. The number of hydrogen-bond acceptors (Lipinski definition) is 3. The van der Waals surface area contributed by atoms with Gasteiger partial charge in [-0.2, -0.15) is 0 Å². The van der Waals surface area contributed by atoms with Crippen LogP contribution >= 0.6 is 0 Å². The highest BCUT2D eigenvalue weighted by molar-refractivity contribution is 6.06. The zero-order valence-electron chi connectivity index (χ0n) is 10.8. The number of carbonyl (C=O) groups excluding carboxylic acids is 1. The number of carboxylic acid groups (broad SMARTS) is 1. The summed E-state index contributed by atoms with van der Waals surface area (Å²) in [5.74, 6) is -1.28. The third-order valence-electron chi connectivity index (χ3n) is 2.90. The molecule has 5 heteroatoms. The minimum absolute atomic E-state index is 0.0648. The molecule has 0 heterocycles. The van der Waals surface area contributed by atoms with E-state index in [1.54, 1.807) is 25.2 Å². The van der Waals surface area contributed by atoms with Crippen LogP contribution in [0.4, 0.5) is 5.69 Å². The summed E-state index contributed by atoms with van der Waals surface area (Å²) in [5, 5.41) is 18.1. The molecule has 2 N–H and O–H groups in total. The Morgan fingerprint density at radius 3 is 2.20 bits per heavy atom. The quantitative estimate of drug-likeness (QED) is 0.898. The van der Waals surface area contributed by atoms with Crippen molar-refractivity contribution in [2.24, 2.45) is 0 Å². The highest BCUT2D eigenvalue weighted by Crippen LogP contribution is 2.19. The van der Waals surface area contributed by atoms with Crippen LogP contribution in [0, 0.1) is 0 Å². The molecule has 0 radical (unpaired) electrons. The first-order chi connectivity index (χ1) is 9.49. The van der Waals surface area contributed by atoms with Gasteiger partial charge in [0.2, 0.25) is 0 Å². The lowest BCUT2D eigenvalue weighted by atomic mass is 10.1. The SMILES string of the molecule is CN(C(=O)c1cccc(C(=O)O)c1)c1ccc(O)cc1. The van der Waals surface area contributed by atoms with Crippen molar-refractivity contribution in [3.05, 3.63) is 59.7 Å². The lowest BCUT2D eigenvalue weighted by molar-refractivity contribution is 0.0697. The summed E-state index contributed by atoms with van der Waals surface area (Å²) < 4.78 is 0. The Hall–Kier alpha value is -2.82. The second-order valence-electron chi connectivity index (χ2n) is 4.27. The van der Waals surface area contributed by atoms with Crippen LogP contribution in [0.15, 0.2) is 48.5 Å². The van der Waals surface area contributed by atoms with E-state index in [0.29, 0.717) is 11.3 Å². The van der Waals surface area contributed by atoms with Crippen LogP contribution in [0.25, 0.3) is 0 Å². The molecule has 5 nitrogen and oxygen atoms in total. The lowest BCUT2D eigenvalue weighted by Gasteiger charge is -2.17. The number of amides is 1. The van der Waals surface area contributed by atoms with E-state index in [2.05, 4.69) is 0 Å². The number of carboxylic acids is 1. The second-order valence-corrected chi connectivity index (χ2v) is 4.27. The first kappa shape index (κ1) is 13.6. The molecule has 0 fully saturated rings. The number of rotatable bonds is 3. The van der Waals surface area contributed by atoms with Crippen molar-refractivity contribution in [3.8, 4) is 5.75 Å². The molecule has 0 atom stereocenters. The van der Waals surface area contributed by atoms with Gasteiger partial charge in [0.15, 0.2) is 0 Å². The number of aromatic hydroxyl groups is 1. The maximum absolute atomic E-state index is 12.3. The Morgan fingerprint density at radius 2 is 1.60 bits per heavy atom. The average Bonchev–Trinajstić information content (AvgIpc) is 2.46. The predicted octanol–water partition coefficient (Wildman–Crippen LogP) is 2.37. The van der Waals surface area contributed by atoms with Crippen molar-refractivity contribution in [2.45, 2.75) is 0 Å². The normalized spacial score (nSPS) is 10.1. The summed E-state index contributed by atoms with van der Waals surface area (Å²) >= 11 is 0. The third kappa shape index (κ3) is 2.77. The van der Waals surface area contributed by atoms with Gasteiger partial charge in [-0.25, -0.2) is 4.79 Å². The molecular formula is C15H13NO4. The molecule has 0 aliphatic carbocycles. The minimum atomic E-state index is -1.08. The molecular weight excluding hydrogens is 258 g/mol. The minimum Gasteiger partial charge on any atom is -0.508 e. The number of phenols is 1. The highest BCUT2D eigenvalue weighted by Gasteiger charge is 2.15. The van der Waals surface area contributed by atoms with Gasteiger partial charge in [-0.3, -0.25) is 4.79 Å². The van der Waals surface area contributed by atoms with Crippen molar-refractivity contribution in [1.82, 2.24) is 0 Å². The molecule has 2 aromatic carbocycles. The molecule has 2 aromatic rings. The Balaban J connectivity index is 2.28. The van der Waals surface area contributed by atoms with E-state index < -0.39 is 5.97 Å². The summed E-state index contributed by atoms with van der Waals surface area (Å²) in [7, 11) is 1.59. The summed E-state index contributed by atoms with van der Waals surface area (Å²) in [4.78, 5) is 24.6. The van der Waals surface area contributed by atoms with Crippen LogP contribution in [0.1, 0.15) is 20.7 Å². The number of anilines is 1. The Morgan fingerprint density at radius 1 is 1.00 bits per heavy atom. The van der Waals surface area contributed by atoms with Gasteiger partial charge < -0.3 is 15.1 Å². The van der Waals surface area contributed by atoms with Gasteiger partial charge in [0.25, 0.3) is 5.91 Å². The summed E-state index contributed by atoms with van der Waals surface area (Å²) in [5.41, 5.74) is 0.962. The van der Waals surface area contributed by atoms with Crippen LogP contribution in [0.3, 0.4) is 0 Å². The van der Waals surface area contributed by atoms with E-state index in [4.69, 9.17) is 5.11 Å². The lowest BCUT2D eigenvalue weighted by Crippen LogP contribution is -2.26. The third-order valence-corrected chi connectivity index (χ3v) is 2.90. The standard InChI is InChI=1S/C15H13NO4/c1-16(12-5-7-13(17)8-6-12)14(18)10-3-2-4-11(9-10)15(19)20/h2-9,17H,1H3,(H,19,20). The molecule has 0 spiro atoms.